The maximum absolute atomic E-state index is 11.6. The van der Waals surface area contributed by atoms with Gasteiger partial charge >= 0.3 is 0 Å². The van der Waals surface area contributed by atoms with Gasteiger partial charge in [-0.1, -0.05) is 31.9 Å². The Morgan fingerprint density at radius 1 is 1.30 bits per heavy atom. The fourth-order valence-electron chi connectivity index (χ4n) is 0.902. The van der Waals surface area contributed by atoms with Crippen LogP contribution < -0.4 is 0 Å². The van der Waals surface area contributed by atoms with Crippen LogP contribution in [-0.2, 0) is 0 Å². The van der Waals surface area contributed by atoms with E-state index in [1.165, 1.54) is 18.9 Å². The average molecular weight is 166 g/mol. The Morgan fingerprint density at radius 2 is 2.00 bits per heavy atom. The summed E-state index contributed by atoms with van der Waals surface area (Å²) >= 11 is 0. The van der Waals surface area contributed by atoms with E-state index in [0.717, 1.165) is 6.04 Å². The fourth-order valence-corrected chi connectivity index (χ4v) is 2.71. The summed E-state index contributed by atoms with van der Waals surface area (Å²) in [4.78, 5) is 0. The minimum absolute atomic E-state index is 0.122. The molecule has 10 heavy (non-hydrogen) atoms. The molecule has 0 aliphatic carbocycles. The fraction of sp³-hybridized carbons (Fsp3) is 1.00. The van der Waals surface area contributed by atoms with Gasteiger partial charge in [-0.3, -0.25) is 0 Å². The van der Waals surface area contributed by atoms with Crippen molar-refractivity contribution in [2.45, 2.75) is 44.7 Å². The van der Waals surface area contributed by atoms with Crippen LogP contribution in [-0.4, -0.2) is 15.9 Å². The highest BCUT2D eigenvalue weighted by atomic mass is 28.2. The number of alkyl halides is 2. The van der Waals surface area contributed by atoms with E-state index in [2.05, 4.69) is 6.92 Å². The third-order valence-electron chi connectivity index (χ3n) is 1.53. The maximum Gasteiger partial charge on any atom is 0.238 e. The lowest BCUT2D eigenvalue weighted by Gasteiger charge is -1.97. The first-order valence-corrected chi connectivity index (χ1v) is 6.05. The molecule has 0 amide bonds. The van der Waals surface area contributed by atoms with Crippen LogP contribution in [0.2, 0.25) is 12.1 Å². The molecule has 0 atom stereocenters. The van der Waals surface area contributed by atoms with Crippen molar-refractivity contribution in [1.29, 1.82) is 0 Å². The molecule has 0 bridgehead atoms. The molecule has 0 aromatic carbocycles. The molecular weight excluding hydrogens is 150 g/mol. The van der Waals surface area contributed by atoms with Crippen molar-refractivity contribution in [2.24, 2.45) is 0 Å². The molecule has 0 radical (unpaired) electrons. The second kappa shape index (κ2) is 7.19. The number of rotatable bonds is 6. The number of halogens is 2. The van der Waals surface area contributed by atoms with Crippen molar-refractivity contribution in [3.63, 3.8) is 0 Å². The first-order chi connectivity index (χ1) is 4.77. The quantitative estimate of drug-likeness (QED) is 0.420. The predicted octanol–water partition coefficient (Wildman–Crippen LogP) is 2.45. The topological polar surface area (TPSA) is 0 Å². The summed E-state index contributed by atoms with van der Waals surface area (Å²) in [5.74, 6) is 0. The van der Waals surface area contributed by atoms with Gasteiger partial charge in [0.05, 0.1) is 0 Å². The lowest BCUT2D eigenvalue weighted by atomic mass is 10.4. The van der Waals surface area contributed by atoms with E-state index < -0.39 is 6.43 Å². The van der Waals surface area contributed by atoms with Crippen LogP contribution in [0.15, 0.2) is 0 Å². The Bertz CT molecular complexity index is 66.6. The molecule has 0 aromatic heterocycles. The molecule has 0 N–H and O–H groups in total. The Hall–Kier alpha value is 0.0769. The highest BCUT2D eigenvalue weighted by Gasteiger charge is 2.00. The van der Waals surface area contributed by atoms with E-state index >= 15 is 0 Å². The lowest BCUT2D eigenvalue weighted by Crippen LogP contribution is -1.94. The largest absolute Gasteiger partial charge is 0.238 e. The molecular formula is C7H16F2Si. The molecule has 0 heterocycles. The SMILES string of the molecule is CCCC[SiH2]CCC(F)F. The van der Waals surface area contributed by atoms with E-state index in [0.29, 0.717) is 0 Å². The summed E-state index contributed by atoms with van der Waals surface area (Å²) < 4.78 is 23.1. The monoisotopic (exact) mass is 166 g/mol. The van der Waals surface area contributed by atoms with Gasteiger partial charge < -0.3 is 0 Å². The van der Waals surface area contributed by atoms with Gasteiger partial charge in [0.15, 0.2) is 0 Å². The standard InChI is InChI=1S/C7H16F2Si/c1-2-3-5-10-6-4-7(8)9/h7H,2-6,10H2,1H3. The number of hydrogen-bond acceptors (Lipinski definition) is 0. The summed E-state index contributed by atoms with van der Waals surface area (Å²) in [6.07, 6.45) is 0.543. The third-order valence-corrected chi connectivity index (χ3v) is 3.43. The predicted molar refractivity (Wildman–Crippen MR) is 43.7 cm³/mol. The van der Waals surface area contributed by atoms with Gasteiger partial charge in [-0.05, 0) is 0 Å². The van der Waals surface area contributed by atoms with E-state index in [1.807, 2.05) is 0 Å². The van der Waals surface area contributed by atoms with Crippen molar-refractivity contribution < 1.29 is 8.78 Å². The Balaban J connectivity index is 2.77. The molecule has 0 aliphatic rings. The van der Waals surface area contributed by atoms with E-state index in [4.69, 9.17) is 0 Å². The van der Waals surface area contributed by atoms with Crippen LogP contribution in [0.25, 0.3) is 0 Å². The van der Waals surface area contributed by atoms with Gasteiger partial charge in [-0.2, -0.15) is 0 Å². The Labute approximate surface area is 63.8 Å². The van der Waals surface area contributed by atoms with Crippen LogP contribution in [0.1, 0.15) is 26.2 Å². The molecule has 0 nitrogen and oxygen atoms in total. The van der Waals surface area contributed by atoms with Crippen LogP contribution in [0.4, 0.5) is 8.78 Å². The molecule has 0 saturated carbocycles. The Kier molecular flexibility index (Phi) is 7.24. The van der Waals surface area contributed by atoms with Crippen LogP contribution in [0, 0.1) is 0 Å². The zero-order valence-electron chi connectivity index (χ0n) is 6.58. The molecule has 0 unspecified atom stereocenters. The smallest absolute Gasteiger partial charge is 0.211 e. The van der Waals surface area contributed by atoms with E-state index in [9.17, 15) is 8.78 Å². The molecule has 0 spiro atoms. The minimum atomic E-state index is -2.06. The third kappa shape index (κ3) is 8.08. The summed E-state index contributed by atoms with van der Waals surface area (Å²) in [6.45, 7) is 2.14. The Morgan fingerprint density at radius 3 is 2.50 bits per heavy atom. The van der Waals surface area contributed by atoms with Gasteiger partial charge in [-0.25, -0.2) is 8.78 Å². The van der Waals surface area contributed by atoms with Crippen molar-refractivity contribution in [2.75, 3.05) is 0 Å². The van der Waals surface area contributed by atoms with E-state index in [1.54, 1.807) is 0 Å². The summed E-state index contributed by atoms with van der Waals surface area (Å²) in [7, 11) is -0.122. The highest BCUT2D eigenvalue weighted by molar-refractivity contribution is 6.35. The summed E-state index contributed by atoms with van der Waals surface area (Å²) in [5.41, 5.74) is 0. The minimum Gasteiger partial charge on any atom is -0.211 e. The average Bonchev–Trinajstić information content (AvgIpc) is 1.87. The second-order valence-corrected chi connectivity index (χ2v) is 4.72. The van der Waals surface area contributed by atoms with Gasteiger partial charge in [0, 0.05) is 15.9 Å². The van der Waals surface area contributed by atoms with E-state index in [-0.39, 0.29) is 15.9 Å². The number of unbranched alkanes of at least 4 members (excludes halogenated alkanes) is 1. The van der Waals surface area contributed by atoms with Crippen LogP contribution in [0.5, 0.6) is 0 Å². The van der Waals surface area contributed by atoms with Gasteiger partial charge in [-0.15, -0.1) is 0 Å². The summed E-state index contributed by atoms with van der Waals surface area (Å²) in [6, 6.07) is 2.08. The zero-order chi connectivity index (χ0) is 7.82. The molecule has 0 saturated heterocycles. The summed E-state index contributed by atoms with van der Waals surface area (Å²) in [5, 5.41) is 0. The molecule has 0 aromatic rings. The second-order valence-electron chi connectivity index (χ2n) is 2.59. The van der Waals surface area contributed by atoms with Crippen molar-refractivity contribution in [1.82, 2.24) is 0 Å². The number of hydrogen-bond donors (Lipinski definition) is 0. The first-order valence-electron chi connectivity index (χ1n) is 4.05. The zero-order valence-corrected chi connectivity index (χ0v) is 7.99. The normalized spacial score (nSPS) is 12.0. The van der Waals surface area contributed by atoms with Crippen molar-refractivity contribution >= 4 is 9.52 Å². The molecule has 0 rings (SSSR count). The van der Waals surface area contributed by atoms with Gasteiger partial charge in [0.2, 0.25) is 6.43 Å². The van der Waals surface area contributed by atoms with Gasteiger partial charge in [0.25, 0.3) is 0 Å². The molecule has 62 valence electrons. The molecule has 0 fully saturated rings. The molecule has 3 heteroatoms. The highest BCUT2D eigenvalue weighted by Crippen LogP contribution is 2.05. The lowest BCUT2D eigenvalue weighted by molar-refractivity contribution is 0.144. The maximum atomic E-state index is 11.6. The van der Waals surface area contributed by atoms with Crippen LogP contribution in [0.3, 0.4) is 0 Å². The molecule has 0 aliphatic heterocycles. The van der Waals surface area contributed by atoms with Crippen molar-refractivity contribution in [3.8, 4) is 0 Å². The van der Waals surface area contributed by atoms with Crippen molar-refractivity contribution in [3.05, 3.63) is 0 Å². The first kappa shape index (κ1) is 10.1. The van der Waals surface area contributed by atoms with Gasteiger partial charge in [0.1, 0.15) is 0 Å². The van der Waals surface area contributed by atoms with Crippen LogP contribution >= 0.6 is 0 Å².